The summed E-state index contributed by atoms with van der Waals surface area (Å²) in [5.41, 5.74) is 5.37. The number of fused-ring (bicyclic) bond motifs is 1. The molecule has 0 radical (unpaired) electrons. The number of nitrogen functional groups attached to an aromatic ring is 1. The molecule has 1 fully saturated rings. The van der Waals surface area contributed by atoms with Gasteiger partial charge in [-0.15, -0.1) is 0 Å². The number of nitrogens with one attached hydrogen (secondary N) is 1. The molecule has 3 heterocycles. The highest BCUT2D eigenvalue weighted by Gasteiger charge is 2.48. The quantitative estimate of drug-likeness (QED) is 0.173. The molecule has 2 unspecified atom stereocenters. The first kappa shape index (κ1) is 23.9. The Morgan fingerprint density at radius 2 is 2.03 bits per heavy atom. The number of imidazole rings is 1. The van der Waals surface area contributed by atoms with Crippen molar-refractivity contribution in [2.45, 2.75) is 18.4 Å². The van der Waals surface area contributed by atoms with Gasteiger partial charge >= 0.3 is 21.3 Å². The third-order valence-corrected chi connectivity index (χ3v) is 6.71. The van der Waals surface area contributed by atoms with Gasteiger partial charge in [-0.25, -0.2) is 13.7 Å². The standard InChI is InChI=1S/C13H21N5O11P2/c1-17-5-18(10-8(17)11(20)16-13(14)15-10)12-9(19)6(3-26-2)7(28-12)4-27-31(24,25)29-30(21,22)23/h5-7,9,12,19H,3-4H2,1-2H3,(H5-,14,15,16,20,21,22,23,24,25)/p+1/t6-,7?,9-,12-/m1/s1. The van der Waals surface area contributed by atoms with Gasteiger partial charge in [0.25, 0.3) is 11.5 Å². The number of aromatic amines is 1. The predicted octanol–water partition coefficient (Wildman–Crippen LogP) is -2.12. The number of aromatic nitrogens is 4. The highest BCUT2D eigenvalue weighted by Crippen LogP contribution is 2.57. The zero-order valence-corrected chi connectivity index (χ0v) is 18.0. The molecule has 18 heteroatoms. The number of aryl methyl sites for hydroxylation is 1. The lowest BCUT2D eigenvalue weighted by Gasteiger charge is -2.20. The molecule has 3 rings (SSSR count). The zero-order valence-electron chi connectivity index (χ0n) is 16.3. The van der Waals surface area contributed by atoms with Gasteiger partial charge in [-0.1, -0.05) is 4.98 Å². The average molecular weight is 486 g/mol. The van der Waals surface area contributed by atoms with Gasteiger partial charge in [-0.3, -0.25) is 18.9 Å². The fourth-order valence-corrected chi connectivity index (χ4v) is 4.96. The molecule has 5 atom stereocenters. The van der Waals surface area contributed by atoms with E-state index in [1.54, 1.807) is 7.05 Å². The molecular formula is C13H22N5O11P2+. The fraction of sp³-hybridized carbons (Fsp3) is 0.615. The Labute approximate surface area is 174 Å². The summed E-state index contributed by atoms with van der Waals surface area (Å²) in [6, 6.07) is 0. The smallest absolute Gasteiger partial charge is 0.386 e. The SMILES string of the molecule is COC[C@@H]1C(COP(=O)(O)OP(=O)(O)O)O[C@@H]([n+]2cn(C)c3c(=O)[nH]c(N)nc32)[C@@H]1O. The number of aliphatic hydroxyl groups excluding tert-OH is 1. The number of hydrogen-bond acceptors (Lipinski definition) is 10. The number of rotatable bonds is 8. The van der Waals surface area contributed by atoms with E-state index < -0.39 is 52.2 Å². The second-order valence-corrected chi connectivity index (χ2v) is 9.60. The molecule has 0 aromatic carbocycles. The van der Waals surface area contributed by atoms with Crippen molar-refractivity contribution in [3.8, 4) is 0 Å². The number of phosphoric acid groups is 2. The summed E-state index contributed by atoms with van der Waals surface area (Å²) in [5.74, 6) is -0.943. The molecule has 174 valence electrons. The second-order valence-electron chi connectivity index (χ2n) is 6.77. The van der Waals surface area contributed by atoms with E-state index in [4.69, 9.17) is 25.0 Å². The highest BCUT2D eigenvalue weighted by molar-refractivity contribution is 7.60. The van der Waals surface area contributed by atoms with Crippen molar-refractivity contribution in [3.05, 3.63) is 16.7 Å². The Kier molecular flexibility index (Phi) is 6.70. The number of ether oxygens (including phenoxy) is 2. The summed E-state index contributed by atoms with van der Waals surface area (Å²) in [7, 11) is -7.49. The van der Waals surface area contributed by atoms with Gasteiger partial charge in [-0.2, -0.15) is 4.31 Å². The summed E-state index contributed by atoms with van der Waals surface area (Å²) in [5, 5.41) is 10.8. The van der Waals surface area contributed by atoms with Gasteiger partial charge < -0.3 is 35.0 Å². The maximum absolute atomic E-state index is 12.2. The lowest BCUT2D eigenvalue weighted by molar-refractivity contribution is -0.745. The molecule has 1 saturated heterocycles. The Morgan fingerprint density at radius 1 is 1.35 bits per heavy atom. The van der Waals surface area contributed by atoms with Crippen molar-refractivity contribution < 1.29 is 51.8 Å². The molecular weight excluding hydrogens is 464 g/mol. The third-order valence-electron chi connectivity index (χ3n) is 4.56. The van der Waals surface area contributed by atoms with Crippen molar-refractivity contribution in [2.75, 3.05) is 26.1 Å². The van der Waals surface area contributed by atoms with Crippen LogP contribution in [0.1, 0.15) is 6.23 Å². The van der Waals surface area contributed by atoms with Crippen LogP contribution in [0.3, 0.4) is 0 Å². The van der Waals surface area contributed by atoms with Crippen LogP contribution in [0.4, 0.5) is 5.95 Å². The van der Waals surface area contributed by atoms with Crippen LogP contribution in [0.15, 0.2) is 11.1 Å². The predicted molar refractivity (Wildman–Crippen MR) is 100 cm³/mol. The van der Waals surface area contributed by atoms with Crippen molar-refractivity contribution in [1.29, 1.82) is 0 Å². The van der Waals surface area contributed by atoms with E-state index in [2.05, 4.69) is 18.8 Å². The van der Waals surface area contributed by atoms with Gasteiger partial charge in [0.05, 0.1) is 26.4 Å². The van der Waals surface area contributed by atoms with Crippen molar-refractivity contribution >= 4 is 32.8 Å². The molecule has 0 aliphatic carbocycles. The van der Waals surface area contributed by atoms with Crippen molar-refractivity contribution in [2.24, 2.45) is 13.0 Å². The summed E-state index contributed by atoms with van der Waals surface area (Å²) in [6.45, 7) is -0.723. The maximum Gasteiger partial charge on any atom is 0.481 e. The molecule has 0 bridgehead atoms. The number of H-pyrrole nitrogens is 1. The topological polar surface area (TPSA) is 233 Å². The number of aliphatic hydroxyl groups is 1. The van der Waals surface area contributed by atoms with E-state index in [1.807, 2.05) is 0 Å². The van der Waals surface area contributed by atoms with Crippen molar-refractivity contribution in [3.63, 3.8) is 0 Å². The van der Waals surface area contributed by atoms with Crippen LogP contribution in [0.5, 0.6) is 0 Å². The Bertz CT molecular complexity index is 1110. The summed E-state index contributed by atoms with van der Waals surface area (Å²) in [4.78, 5) is 45.5. The lowest BCUT2D eigenvalue weighted by atomic mass is 9.99. The number of nitrogens with two attached hydrogens (primary N) is 1. The number of anilines is 1. The summed E-state index contributed by atoms with van der Waals surface area (Å²) >= 11 is 0. The van der Waals surface area contributed by atoms with Crippen LogP contribution < -0.4 is 15.9 Å². The second kappa shape index (κ2) is 8.67. The van der Waals surface area contributed by atoms with E-state index in [9.17, 15) is 23.9 Å². The molecule has 0 spiro atoms. The minimum absolute atomic E-state index is 0.0533. The van der Waals surface area contributed by atoms with E-state index >= 15 is 0 Å². The van der Waals surface area contributed by atoms with Crippen LogP contribution in [0.2, 0.25) is 0 Å². The Hall–Kier alpha value is -1.71. The van der Waals surface area contributed by atoms with Gasteiger partial charge in [0.15, 0.2) is 6.33 Å². The molecule has 16 nitrogen and oxygen atoms in total. The number of nitrogens with zero attached hydrogens (tertiary/aromatic N) is 3. The lowest BCUT2D eigenvalue weighted by Crippen LogP contribution is -2.45. The van der Waals surface area contributed by atoms with Gasteiger partial charge in [-0.05, 0) is 0 Å². The highest BCUT2D eigenvalue weighted by atomic mass is 31.3. The minimum atomic E-state index is -5.30. The Balaban J connectivity index is 1.89. The van der Waals surface area contributed by atoms with Gasteiger partial charge in [0.1, 0.15) is 6.10 Å². The average Bonchev–Trinajstić information content (AvgIpc) is 3.09. The van der Waals surface area contributed by atoms with Crippen LogP contribution in [-0.4, -0.2) is 66.9 Å². The Morgan fingerprint density at radius 3 is 2.65 bits per heavy atom. The molecule has 2 aromatic heterocycles. The van der Waals surface area contributed by atoms with E-state index in [-0.39, 0.29) is 23.7 Å². The zero-order chi connectivity index (χ0) is 23.1. The monoisotopic (exact) mass is 486 g/mol. The first-order valence-electron chi connectivity index (χ1n) is 8.65. The maximum atomic E-state index is 12.2. The number of methoxy groups -OCH3 is 1. The molecule has 1 aliphatic rings. The van der Waals surface area contributed by atoms with Gasteiger partial charge in [0.2, 0.25) is 11.7 Å². The first-order chi connectivity index (χ1) is 14.3. The van der Waals surface area contributed by atoms with Crippen LogP contribution in [0.25, 0.3) is 11.2 Å². The fourth-order valence-electron chi connectivity index (χ4n) is 3.36. The third kappa shape index (κ3) is 5.21. The van der Waals surface area contributed by atoms with E-state index in [0.717, 1.165) is 0 Å². The minimum Gasteiger partial charge on any atom is -0.386 e. The summed E-state index contributed by atoms with van der Waals surface area (Å²) in [6.07, 6.45) is -1.97. The van der Waals surface area contributed by atoms with E-state index in [1.165, 1.54) is 22.6 Å². The van der Waals surface area contributed by atoms with E-state index in [0.29, 0.717) is 0 Å². The normalized spacial score (nSPS) is 26.4. The van der Waals surface area contributed by atoms with Crippen LogP contribution in [-0.2, 0) is 34.5 Å². The molecule has 0 amide bonds. The number of phosphoric ester groups is 1. The largest absolute Gasteiger partial charge is 0.481 e. The van der Waals surface area contributed by atoms with Crippen molar-refractivity contribution in [1.82, 2.24) is 14.5 Å². The van der Waals surface area contributed by atoms with Gasteiger partial charge in [0, 0.05) is 13.0 Å². The molecule has 31 heavy (non-hydrogen) atoms. The first-order valence-corrected chi connectivity index (χ1v) is 11.7. The van der Waals surface area contributed by atoms with Crippen LogP contribution in [0, 0.1) is 5.92 Å². The molecule has 1 aliphatic heterocycles. The molecule has 2 aromatic rings. The molecule has 7 N–H and O–H groups in total. The molecule has 0 saturated carbocycles. The van der Waals surface area contributed by atoms with Crippen LogP contribution >= 0.6 is 15.6 Å². The number of hydrogen-bond donors (Lipinski definition) is 6. The summed E-state index contributed by atoms with van der Waals surface area (Å²) < 4.78 is 44.5.